The third-order valence-corrected chi connectivity index (χ3v) is 5.27. The Morgan fingerprint density at radius 3 is 2.62 bits per heavy atom. The molecule has 0 bridgehead atoms. The molecule has 4 nitrogen and oxygen atoms in total. The van der Waals surface area contributed by atoms with Gasteiger partial charge in [-0.1, -0.05) is 23.7 Å². The highest BCUT2D eigenvalue weighted by molar-refractivity contribution is 7.99. The van der Waals surface area contributed by atoms with Gasteiger partial charge >= 0.3 is 0 Å². The smallest absolute Gasteiger partial charge is 0.220 e. The van der Waals surface area contributed by atoms with Crippen LogP contribution < -0.4 is 10.1 Å². The zero-order valence-electron chi connectivity index (χ0n) is 15.4. The van der Waals surface area contributed by atoms with Crippen LogP contribution in [0.3, 0.4) is 0 Å². The van der Waals surface area contributed by atoms with Gasteiger partial charge in [-0.2, -0.15) is 0 Å². The first-order valence-corrected chi connectivity index (χ1v) is 9.81. The molecule has 140 valence electrons. The van der Waals surface area contributed by atoms with Gasteiger partial charge in [-0.25, -0.2) is 0 Å². The van der Waals surface area contributed by atoms with Crippen LogP contribution in [-0.2, 0) is 4.79 Å². The van der Waals surface area contributed by atoms with Gasteiger partial charge in [-0.05, 0) is 56.1 Å². The van der Waals surface area contributed by atoms with E-state index in [2.05, 4.69) is 16.3 Å². The summed E-state index contributed by atoms with van der Waals surface area (Å²) in [6.07, 6.45) is 0.478. The number of rotatable bonds is 9. The molecule has 1 atom stereocenters. The number of nitrogens with zero attached hydrogens (tertiary/aromatic N) is 1. The Bertz CT molecular complexity index is 707. The Kier molecular flexibility index (Phi) is 8.29. The number of amides is 1. The third-order valence-electron chi connectivity index (χ3n) is 4.01. The second-order valence-corrected chi connectivity index (χ2v) is 7.72. The van der Waals surface area contributed by atoms with Crippen LogP contribution in [0.2, 0.25) is 5.02 Å². The Labute approximate surface area is 164 Å². The Balaban J connectivity index is 1.82. The fourth-order valence-corrected chi connectivity index (χ4v) is 3.52. The lowest BCUT2D eigenvalue weighted by atomic mass is 10.1. The summed E-state index contributed by atoms with van der Waals surface area (Å²) in [6.45, 7) is 0.560. The zero-order valence-corrected chi connectivity index (χ0v) is 16.9. The number of halogens is 1. The molecule has 0 radical (unpaired) electrons. The van der Waals surface area contributed by atoms with E-state index in [0.29, 0.717) is 13.0 Å². The molecular formula is C20H25ClN2O2S. The maximum absolute atomic E-state index is 12.2. The molecule has 2 rings (SSSR count). The summed E-state index contributed by atoms with van der Waals surface area (Å²) >= 11 is 7.53. The van der Waals surface area contributed by atoms with Crippen molar-refractivity contribution in [3.05, 3.63) is 59.1 Å². The minimum absolute atomic E-state index is 0.0567. The summed E-state index contributed by atoms with van der Waals surface area (Å²) in [4.78, 5) is 15.4. The predicted molar refractivity (Wildman–Crippen MR) is 109 cm³/mol. The van der Waals surface area contributed by atoms with E-state index in [9.17, 15) is 4.79 Å². The van der Waals surface area contributed by atoms with Gasteiger partial charge in [0.15, 0.2) is 0 Å². The summed E-state index contributed by atoms with van der Waals surface area (Å²) in [6, 6.07) is 15.7. The van der Waals surface area contributed by atoms with E-state index >= 15 is 0 Å². The van der Waals surface area contributed by atoms with E-state index in [4.69, 9.17) is 16.3 Å². The molecule has 0 aromatic heterocycles. The molecule has 1 N–H and O–H groups in total. The first-order valence-electron chi connectivity index (χ1n) is 8.45. The zero-order chi connectivity index (χ0) is 18.9. The molecule has 2 aromatic carbocycles. The van der Waals surface area contributed by atoms with E-state index in [1.165, 1.54) is 0 Å². The summed E-state index contributed by atoms with van der Waals surface area (Å²) in [7, 11) is 5.67. The monoisotopic (exact) mass is 392 g/mol. The van der Waals surface area contributed by atoms with E-state index in [1.807, 2.05) is 56.6 Å². The highest BCUT2D eigenvalue weighted by atomic mass is 35.5. The number of likely N-dealkylation sites (N-methyl/N-ethyl adjacent to an activating group) is 1. The fourth-order valence-electron chi connectivity index (χ4n) is 2.54. The summed E-state index contributed by atoms with van der Waals surface area (Å²) in [5, 5.41) is 3.76. The molecule has 0 fully saturated rings. The van der Waals surface area contributed by atoms with Gasteiger partial charge in [0.2, 0.25) is 5.91 Å². The Morgan fingerprint density at radius 1 is 1.23 bits per heavy atom. The molecule has 0 aliphatic carbocycles. The van der Waals surface area contributed by atoms with Gasteiger partial charge in [0.1, 0.15) is 5.75 Å². The van der Waals surface area contributed by atoms with Crippen molar-refractivity contribution < 1.29 is 9.53 Å². The normalized spacial score (nSPS) is 12.0. The lowest BCUT2D eigenvalue weighted by Crippen LogP contribution is -2.34. The van der Waals surface area contributed by atoms with Crippen LogP contribution in [0.15, 0.2) is 53.4 Å². The summed E-state index contributed by atoms with van der Waals surface area (Å²) < 4.78 is 5.30. The number of benzene rings is 2. The molecule has 0 aliphatic rings. The molecule has 0 aliphatic heterocycles. The highest BCUT2D eigenvalue weighted by Gasteiger charge is 2.16. The minimum atomic E-state index is 0.0567. The SMILES string of the molecule is COc1cccc(C(CNC(=O)CCSc2ccc(Cl)cc2)N(C)C)c1. The van der Waals surface area contributed by atoms with Crippen LogP contribution in [0.5, 0.6) is 5.75 Å². The van der Waals surface area contributed by atoms with Crippen LogP contribution >= 0.6 is 23.4 Å². The predicted octanol–water partition coefficient (Wildman–Crippen LogP) is 4.25. The van der Waals surface area contributed by atoms with Crippen LogP contribution in [-0.4, -0.2) is 44.3 Å². The van der Waals surface area contributed by atoms with E-state index in [0.717, 1.165) is 27.0 Å². The molecule has 0 saturated heterocycles. The van der Waals surface area contributed by atoms with Crippen molar-refractivity contribution >= 4 is 29.3 Å². The molecule has 1 unspecified atom stereocenters. The summed E-state index contributed by atoms with van der Waals surface area (Å²) in [5.41, 5.74) is 1.12. The number of hydrogen-bond donors (Lipinski definition) is 1. The molecule has 0 saturated carbocycles. The van der Waals surface area contributed by atoms with Gasteiger partial charge in [-0.15, -0.1) is 11.8 Å². The molecule has 26 heavy (non-hydrogen) atoms. The van der Waals surface area contributed by atoms with Gasteiger partial charge < -0.3 is 15.0 Å². The van der Waals surface area contributed by atoms with Crippen molar-refractivity contribution in [3.8, 4) is 5.75 Å². The second-order valence-electron chi connectivity index (χ2n) is 6.11. The molecule has 2 aromatic rings. The van der Waals surface area contributed by atoms with Crippen molar-refractivity contribution in [2.45, 2.75) is 17.4 Å². The lowest BCUT2D eigenvalue weighted by Gasteiger charge is -2.25. The molecular weight excluding hydrogens is 368 g/mol. The average Bonchev–Trinajstić information content (AvgIpc) is 2.63. The number of carbonyl (C=O) groups excluding carboxylic acids is 1. The minimum Gasteiger partial charge on any atom is -0.497 e. The largest absolute Gasteiger partial charge is 0.497 e. The molecule has 0 heterocycles. The number of nitrogens with one attached hydrogen (secondary N) is 1. The van der Waals surface area contributed by atoms with Crippen LogP contribution in [0.25, 0.3) is 0 Å². The highest BCUT2D eigenvalue weighted by Crippen LogP contribution is 2.23. The fraction of sp³-hybridized carbons (Fsp3) is 0.350. The number of hydrogen-bond acceptors (Lipinski definition) is 4. The average molecular weight is 393 g/mol. The van der Waals surface area contributed by atoms with E-state index in [1.54, 1.807) is 18.9 Å². The number of methoxy groups -OCH3 is 1. The topological polar surface area (TPSA) is 41.6 Å². The maximum atomic E-state index is 12.2. The van der Waals surface area contributed by atoms with Gasteiger partial charge in [-0.3, -0.25) is 4.79 Å². The van der Waals surface area contributed by atoms with Gasteiger partial charge in [0, 0.05) is 28.6 Å². The van der Waals surface area contributed by atoms with Crippen molar-refractivity contribution in [2.24, 2.45) is 0 Å². The van der Waals surface area contributed by atoms with Crippen LogP contribution in [0.1, 0.15) is 18.0 Å². The first-order chi connectivity index (χ1) is 12.5. The lowest BCUT2D eigenvalue weighted by molar-refractivity contribution is -0.120. The Hall–Kier alpha value is -1.69. The van der Waals surface area contributed by atoms with Crippen LogP contribution in [0.4, 0.5) is 0 Å². The number of thioether (sulfide) groups is 1. The number of ether oxygens (including phenoxy) is 1. The maximum Gasteiger partial charge on any atom is 0.220 e. The second kappa shape index (κ2) is 10.5. The Morgan fingerprint density at radius 2 is 1.96 bits per heavy atom. The van der Waals surface area contributed by atoms with Gasteiger partial charge in [0.05, 0.1) is 13.2 Å². The van der Waals surface area contributed by atoms with Crippen molar-refractivity contribution in [3.63, 3.8) is 0 Å². The summed E-state index contributed by atoms with van der Waals surface area (Å²) in [5.74, 6) is 1.61. The molecule has 1 amide bonds. The first kappa shape index (κ1) is 20.6. The quantitative estimate of drug-likeness (QED) is 0.648. The standard InChI is InChI=1S/C20H25ClN2O2S/c1-23(2)19(15-5-4-6-17(13-15)25-3)14-22-20(24)11-12-26-18-9-7-16(21)8-10-18/h4-10,13,19H,11-12,14H2,1-3H3,(H,22,24). The van der Waals surface area contributed by atoms with Crippen LogP contribution in [0, 0.1) is 0 Å². The third kappa shape index (κ3) is 6.56. The van der Waals surface area contributed by atoms with Crippen molar-refractivity contribution in [1.82, 2.24) is 10.2 Å². The van der Waals surface area contributed by atoms with Crippen molar-refractivity contribution in [1.29, 1.82) is 0 Å². The van der Waals surface area contributed by atoms with Gasteiger partial charge in [0.25, 0.3) is 0 Å². The van der Waals surface area contributed by atoms with E-state index < -0.39 is 0 Å². The number of carbonyl (C=O) groups is 1. The molecule has 6 heteroatoms. The van der Waals surface area contributed by atoms with E-state index in [-0.39, 0.29) is 11.9 Å². The molecule has 0 spiro atoms. The van der Waals surface area contributed by atoms with Crippen molar-refractivity contribution in [2.75, 3.05) is 33.5 Å².